The van der Waals surface area contributed by atoms with Crippen LogP contribution in [-0.2, 0) is 16.4 Å². The predicted molar refractivity (Wildman–Crippen MR) is 68.3 cm³/mol. The molecular formula is C13H16N2O2S. The molecule has 0 aliphatic heterocycles. The molecule has 0 atom stereocenters. The quantitative estimate of drug-likeness (QED) is 0.902. The van der Waals surface area contributed by atoms with E-state index in [0.29, 0.717) is 12.3 Å². The summed E-state index contributed by atoms with van der Waals surface area (Å²) in [6.07, 6.45) is 2.12. The first-order valence-corrected chi connectivity index (χ1v) is 7.48. The van der Waals surface area contributed by atoms with Gasteiger partial charge in [0.05, 0.1) is 17.4 Å². The van der Waals surface area contributed by atoms with Gasteiger partial charge < -0.3 is 0 Å². The van der Waals surface area contributed by atoms with Gasteiger partial charge in [-0.15, -0.1) is 0 Å². The molecule has 96 valence electrons. The summed E-state index contributed by atoms with van der Waals surface area (Å²) in [5, 5.41) is 8.55. The van der Waals surface area contributed by atoms with Crippen LogP contribution in [0.5, 0.6) is 0 Å². The fourth-order valence-corrected chi connectivity index (χ4v) is 3.43. The molecule has 0 aromatic heterocycles. The van der Waals surface area contributed by atoms with E-state index in [0.717, 1.165) is 18.4 Å². The molecule has 4 nitrogen and oxygen atoms in total. The second kappa shape index (κ2) is 5.09. The fraction of sp³-hybridized carbons (Fsp3) is 0.462. The Morgan fingerprint density at radius 1 is 1.33 bits per heavy atom. The predicted octanol–water partition coefficient (Wildman–Crippen LogP) is 1.83. The molecule has 1 fully saturated rings. The second-order valence-corrected chi connectivity index (χ2v) is 6.59. The molecule has 1 aromatic rings. The van der Waals surface area contributed by atoms with E-state index in [4.69, 9.17) is 5.26 Å². The van der Waals surface area contributed by atoms with Crippen molar-refractivity contribution in [3.63, 3.8) is 0 Å². The summed E-state index contributed by atoms with van der Waals surface area (Å²) in [6.45, 7) is 2.11. The van der Waals surface area contributed by atoms with Crippen LogP contribution in [0.1, 0.15) is 25.3 Å². The summed E-state index contributed by atoms with van der Waals surface area (Å²) in [4.78, 5) is 0.267. The molecular weight excluding hydrogens is 248 g/mol. The summed E-state index contributed by atoms with van der Waals surface area (Å²) in [5.41, 5.74) is 0.828. The van der Waals surface area contributed by atoms with Gasteiger partial charge in [0.25, 0.3) is 0 Å². The fourth-order valence-electron chi connectivity index (χ4n) is 2.16. The minimum Gasteiger partial charge on any atom is -0.208 e. The third kappa shape index (κ3) is 2.89. The lowest BCUT2D eigenvalue weighted by Crippen LogP contribution is -2.43. The standard InChI is InChI=1S/C13H16N2O2S/c1-10-8-12(9-10)15-18(16,17)13-4-2-11(3-5-13)6-7-14/h2-5,10,12,15H,6,8-9H2,1H3. The Morgan fingerprint density at radius 2 is 1.94 bits per heavy atom. The number of nitriles is 1. The van der Waals surface area contributed by atoms with Crippen LogP contribution in [0, 0.1) is 17.2 Å². The van der Waals surface area contributed by atoms with Gasteiger partial charge in [-0.05, 0) is 36.5 Å². The van der Waals surface area contributed by atoms with E-state index >= 15 is 0 Å². The van der Waals surface area contributed by atoms with Gasteiger partial charge in [-0.2, -0.15) is 5.26 Å². The van der Waals surface area contributed by atoms with Crippen molar-refractivity contribution >= 4 is 10.0 Å². The van der Waals surface area contributed by atoms with E-state index in [9.17, 15) is 8.42 Å². The molecule has 5 heteroatoms. The van der Waals surface area contributed by atoms with E-state index in [1.54, 1.807) is 24.3 Å². The number of rotatable bonds is 4. The normalized spacial score (nSPS) is 23.1. The number of hydrogen-bond donors (Lipinski definition) is 1. The van der Waals surface area contributed by atoms with Gasteiger partial charge in [0, 0.05) is 6.04 Å². The summed E-state index contributed by atoms with van der Waals surface area (Å²) < 4.78 is 26.8. The molecule has 0 bridgehead atoms. The van der Waals surface area contributed by atoms with Crippen molar-refractivity contribution in [3.05, 3.63) is 29.8 Å². The second-order valence-electron chi connectivity index (χ2n) is 4.87. The Bertz CT molecular complexity index is 552. The van der Waals surface area contributed by atoms with E-state index in [1.807, 2.05) is 6.07 Å². The maximum absolute atomic E-state index is 12.0. The lowest BCUT2D eigenvalue weighted by Gasteiger charge is -2.32. The lowest BCUT2D eigenvalue weighted by molar-refractivity contribution is 0.270. The van der Waals surface area contributed by atoms with Crippen molar-refractivity contribution in [3.8, 4) is 6.07 Å². The van der Waals surface area contributed by atoms with Crippen molar-refractivity contribution < 1.29 is 8.42 Å². The highest BCUT2D eigenvalue weighted by atomic mass is 32.2. The third-order valence-corrected chi connectivity index (χ3v) is 4.75. The Balaban J connectivity index is 2.07. The first-order chi connectivity index (χ1) is 8.51. The monoisotopic (exact) mass is 264 g/mol. The zero-order valence-corrected chi connectivity index (χ0v) is 11.1. The minimum atomic E-state index is -3.41. The molecule has 0 heterocycles. The summed E-state index contributed by atoms with van der Waals surface area (Å²) in [5.74, 6) is 0.607. The highest BCUT2D eigenvalue weighted by Gasteiger charge is 2.29. The average molecular weight is 264 g/mol. The summed E-state index contributed by atoms with van der Waals surface area (Å²) >= 11 is 0. The Morgan fingerprint density at radius 3 is 2.44 bits per heavy atom. The molecule has 1 aromatic carbocycles. The van der Waals surface area contributed by atoms with Crippen molar-refractivity contribution in [2.45, 2.75) is 37.1 Å². The van der Waals surface area contributed by atoms with Crippen LogP contribution in [0.3, 0.4) is 0 Å². The number of nitrogens with zero attached hydrogens (tertiary/aromatic N) is 1. The van der Waals surface area contributed by atoms with E-state index in [-0.39, 0.29) is 10.9 Å². The molecule has 0 unspecified atom stereocenters. The molecule has 2 rings (SSSR count). The smallest absolute Gasteiger partial charge is 0.208 e. The molecule has 18 heavy (non-hydrogen) atoms. The Labute approximate surface area is 108 Å². The first kappa shape index (κ1) is 13.1. The van der Waals surface area contributed by atoms with Gasteiger partial charge in [-0.3, -0.25) is 0 Å². The highest BCUT2D eigenvalue weighted by molar-refractivity contribution is 7.89. The van der Waals surface area contributed by atoms with Crippen molar-refractivity contribution in [1.82, 2.24) is 4.72 Å². The van der Waals surface area contributed by atoms with Crippen LogP contribution in [-0.4, -0.2) is 14.5 Å². The van der Waals surface area contributed by atoms with Gasteiger partial charge >= 0.3 is 0 Å². The van der Waals surface area contributed by atoms with Gasteiger partial charge in [-0.25, -0.2) is 13.1 Å². The van der Waals surface area contributed by atoms with E-state index < -0.39 is 10.0 Å². The SMILES string of the molecule is CC1CC(NS(=O)(=O)c2ccc(CC#N)cc2)C1. The zero-order valence-electron chi connectivity index (χ0n) is 10.3. The first-order valence-electron chi connectivity index (χ1n) is 5.99. The average Bonchev–Trinajstić information content (AvgIpc) is 2.28. The van der Waals surface area contributed by atoms with E-state index in [2.05, 4.69) is 11.6 Å². The van der Waals surface area contributed by atoms with Crippen LogP contribution in [0.25, 0.3) is 0 Å². The van der Waals surface area contributed by atoms with Crippen molar-refractivity contribution in [2.75, 3.05) is 0 Å². The molecule has 0 radical (unpaired) electrons. The Hall–Kier alpha value is -1.38. The van der Waals surface area contributed by atoms with Gasteiger partial charge in [0.15, 0.2) is 0 Å². The Kier molecular flexibility index (Phi) is 3.69. The highest BCUT2D eigenvalue weighted by Crippen LogP contribution is 2.27. The van der Waals surface area contributed by atoms with Crippen LogP contribution in [0.4, 0.5) is 0 Å². The van der Waals surface area contributed by atoms with E-state index in [1.165, 1.54) is 0 Å². The van der Waals surface area contributed by atoms with Gasteiger partial charge in [-0.1, -0.05) is 19.1 Å². The van der Waals surface area contributed by atoms with Crippen LogP contribution < -0.4 is 4.72 Å². The molecule has 0 amide bonds. The maximum Gasteiger partial charge on any atom is 0.240 e. The van der Waals surface area contributed by atoms with Crippen LogP contribution in [0.2, 0.25) is 0 Å². The van der Waals surface area contributed by atoms with Gasteiger partial charge in [0.1, 0.15) is 0 Å². The number of hydrogen-bond acceptors (Lipinski definition) is 3. The van der Waals surface area contributed by atoms with Crippen LogP contribution >= 0.6 is 0 Å². The molecule has 1 aliphatic carbocycles. The minimum absolute atomic E-state index is 0.0729. The summed E-state index contributed by atoms with van der Waals surface area (Å²) in [7, 11) is -3.41. The zero-order chi connectivity index (χ0) is 13.2. The molecule has 1 N–H and O–H groups in total. The third-order valence-electron chi connectivity index (χ3n) is 3.21. The number of benzene rings is 1. The maximum atomic E-state index is 12.0. The van der Waals surface area contributed by atoms with Gasteiger partial charge in [0.2, 0.25) is 10.0 Å². The van der Waals surface area contributed by atoms with Crippen molar-refractivity contribution in [2.24, 2.45) is 5.92 Å². The molecule has 1 saturated carbocycles. The molecule has 0 saturated heterocycles. The number of sulfonamides is 1. The van der Waals surface area contributed by atoms with Crippen LogP contribution in [0.15, 0.2) is 29.2 Å². The van der Waals surface area contributed by atoms with Crippen molar-refractivity contribution in [1.29, 1.82) is 5.26 Å². The largest absolute Gasteiger partial charge is 0.240 e. The lowest BCUT2D eigenvalue weighted by atomic mass is 9.83. The summed E-state index contributed by atoms with van der Waals surface area (Å²) in [6, 6.07) is 8.57. The topological polar surface area (TPSA) is 70.0 Å². The number of nitrogens with one attached hydrogen (secondary N) is 1. The molecule has 0 spiro atoms. The molecule has 1 aliphatic rings.